The number of rotatable bonds is 9. The average Bonchev–Trinajstić information content (AvgIpc) is 3.14. The molecule has 298 valence electrons. The van der Waals surface area contributed by atoms with Gasteiger partial charge in [-0.25, -0.2) is 0 Å². The fourth-order valence-corrected chi connectivity index (χ4v) is 18.5. The monoisotopic (exact) mass is 790 g/mol. The van der Waals surface area contributed by atoms with Crippen molar-refractivity contribution in [1.82, 2.24) is 0 Å². The third-order valence-corrected chi connectivity index (χ3v) is 20.6. The van der Waals surface area contributed by atoms with E-state index in [0.29, 0.717) is 0 Å². The molecule has 5 bridgehead atoms. The smallest absolute Gasteiger partial charge is 0.394 e. The highest BCUT2D eigenvalue weighted by Gasteiger charge is 2.67. The van der Waals surface area contributed by atoms with E-state index in [-0.39, 0.29) is 46.4 Å². The van der Waals surface area contributed by atoms with Gasteiger partial charge < -0.3 is 43.7 Å². The lowest BCUT2D eigenvalue weighted by atomic mass is 10.0. The van der Waals surface area contributed by atoms with Gasteiger partial charge in [-0.2, -0.15) is 0 Å². The highest BCUT2D eigenvalue weighted by Crippen LogP contribution is 2.38. The molecule has 0 aromatic heterocycles. The molecular weight excluding hydrogens is 717 g/mol. The molecule has 9 atom stereocenters. The molecule has 0 aliphatic carbocycles. The average molecular weight is 791 g/mol. The maximum absolute atomic E-state index is 12.7. The van der Waals surface area contributed by atoms with E-state index in [1.807, 2.05) is 13.5 Å². The van der Waals surface area contributed by atoms with Gasteiger partial charge in [0, 0.05) is 6.10 Å². The molecule has 4 saturated heterocycles. The predicted molar refractivity (Wildman–Crippen MR) is 206 cm³/mol. The molecule has 2 radical (unpaired) electrons. The van der Waals surface area contributed by atoms with Gasteiger partial charge in [0.25, 0.3) is 0 Å². The molecule has 10 nitrogen and oxygen atoms in total. The minimum absolute atomic E-state index is 0.0533. The summed E-state index contributed by atoms with van der Waals surface area (Å²) in [5, 5.41) is 0. The van der Waals surface area contributed by atoms with Gasteiger partial charge in [-0.15, -0.1) is 0 Å². The Balaban J connectivity index is 1.92. The van der Waals surface area contributed by atoms with Crippen LogP contribution in [0.25, 0.3) is 0 Å². The number of hydrogen-bond acceptors (Lipinski definition) is 10. The van der Waals surface area contributed by atoms with Crippen LogP contribution in [0.2, 0.25) is 6.55 Å². The molecule has 14 heteroatoms. The fraction of sp³-hybridized carbons (Fsp3) is 1.00. The zero-order valence-electron chi connectivity index (χ0n) is 33.0. The maximum Gasteiger partial charge on any atom is 0.671 e. The largest absolute Gasteiger partial charge is 0.671 e. The summed E-state index contributed by atoms with van der Waals surface area (Å²) in [5.41, 5.74) is 0. The first-order chi connectivity index (χ1) is 24.7. The van der Waals surface area contributed by atoms with Crippen LogP contribution < -0.4 is 0 Å². The SMILES string of the molecule is CCCCC1CCCCC2CCCCCCCC(CC)O[Si]3(O)OC(C)CCCCC4CCCCC(CCCC)O[Si](O[Si]C)(O1)O[Si](O2)(O4)O3. The second-order valence-corrected chi connectivity index (χ2v) is 22.9. The van der Waals surface area contributed by atoms with Crippen LogP contribution in [0.5, 0.6) is 0 Å². The molecule has 0 saturated carbocycles. The van der Waals surface area contributed by atoms with E-state index >= 15 is 0 Å². The molecule has 4 aliphatic rings. The summed E-state index contributed by atoms with van der Waals surface area (Å²) in [6.45, 7) is 10.6. The summed E-state index contributed by atoms with van der Waals surface area (Å²) >= 11 is 0. The molecule has 9 unspecified atom stereocenters. The van der Waals surface area contributed by atoms with Crippen molar-refractivity contribution in [2.45, 2.75) is 238 Å². The van der Waals surface area contributed by atoms with Crippen molar-refractivity contribution < 1.29 is 43.7 Å². The van der Waals surface area contributed by atoms with Crippen LogP contribution in [0.3, 0.4) is 0 Å². The fourth-order valence-electron chi connectivity index (χ4n) is 7.97. The van der Waals surface area contributed by atoms with Gasteiger partial charge >= 0.3 is 27.1 Å². The van der Waals surface area contributed by atoms with Gasteiger partial charge in [0.15, 0.2) is 0 Å². The molecule has 4 rings (SSSR count). The molecule has 0 amide bonds. The van der Waals surface area contributed by atoms with Crippen molar-refractivity contribution in [1.29, 1.82) is 0 Å². The van der Waals surface area contributed by atoms with Crippen LogP contribution in [-0.4, -0.2) is 78.3 Å². The van der Waals surface area contributed by atoms with Gasteiger partial charge in [-0.1, -0.05) is 117 Å². The topological polar surface area (TPSA) is 103 Å². The first-order valence-corrected chi connectivity index (χ1v) is 27.6. The van der Waals surface area contributed by atoms with Gasteiger partial charge in [0.05, 0.1) is 30.5 Å². The quantitative estimate of drug-likeness (QED) is 0.227. The van der Waals surface area contributed by atoms with Gasteiger partial charge in [-0.05, 0) is 84.1 Å². The molecule has 4 aliphatic heterocycles. The van der Waals surface area contributed by atoms with E-state index in [4.69, 9.17) is 38.9 Å². The standard InChI is InChI=1S/C37H74O10Si4/c1-6-9-23-34-28-18-20-30-36-26-15-13-11-12-14-25-33(8-3)40-49(38)39-32(4)22-16-17-27-37-31-21-19-29-35(24-10-7-2)42-50(41-34,45-48-5)47-51(43-36,44-37)46-49/h32-38H,6-31H2,1-5H3. The van der Waals surface area contributed by atoms with Crippen LogP contribution in [-0.2, 0) is 38.9 Å². The second kappa shape index (κ2) is 23.5. The molecule has 1 N–H and O–H groups in total. The van der Waals surface area contributed by atoms with Crippen LogP contribution in [0.15, 0.2) is 0 Å². The highest BCUT2D eigenvalue weighted by atomic mass is 28.5. The van der Waals surface area contributed by atoms with Crippen LogP contribution in [0.1, 0.15) is 195 Å². The molecule has 0 aromatic rings. The number of fused-ring (bicyclic) bond motifs is 4. The summed E-state index contributed by atoms with van der Waals surface area (Å²) in [7, 11) is -12.8. The minimum atomic E-state index is -4.44. The van der Waals surface area contributed by atoms with Gasteiger partial charge in [0.1, 0.15) is 0 Å². The van der Waals surface area contributed by atoms with E-state index in [2.05, 4.69) is 20.8 Å². The summed E-state index contributed by atoms with van der Waals surface area (Å²) in [4.78, 5) is 12.7. The normalized spacial score (nSPS) is 39.2. The highest BCUT2D eigenvalue weighted by molar-refractivity contribution is 6.75. The zero-order chi connectivity index (χ0) is 36.4. The predicted octanol–water partition coefficient (Wildman–Crippen LogP) is 9.59. The lowest BCUT2D eigenvalue weighted by Gasteiger charge is -2.43. The minimum Gasteiger partial charge on any atom is -0.394 e. The molecule has 4 heterocycles. The van der Waals surface area contributed by atoms with Crippen LogP contribution >= 0.6 is 0 Å². The Labute approximate surface area is 317 Å². The third kappa shape index (κ3) is 15.5. The summed E-state index contributed by atoms with van der Waals surface area (Å²) in [6.07, 6.45) is 24.2. The molecule has 0 aromatic carbocycles. The number of hydrogen-bond donors (Lipinski definition) is 1. The maximum atomic E-state index is 12.7. The molecular formula is C37H74O10Si4. The first-order valence-electron chi connectivity index (χ1n) is 21.3. The summed E-state index contributed by atoms with van der Waals surface area (Å²) < 4.78 is 63.3. The molecule has 1 spiro atoms. The van der Waals surface area contributed by atoms with E-state index < -0.39 is 27.1 Å². The van der Waals surface area contributed by atoms with E-state index in [1.165, 1.54) is 6.42 Å². The molecule has 51 heavy (non-hydrogen) atoms. The second-order valence-electron chi connectivity index (χ2n) is 15.6. The van der Waals surface area contributed by atoms with E-state index in [0.717, 1.165) is 161 Å². The lowest BCUT2D eigenvalue weighted by molar-refractivity contribution is -0.107. The summed E-state index contributed by atoms with van der Waals surface area (Å²) in [5.74, 6) is 0. The van der Waals surface area contributed by atoms with Crippen LogP contribution in [0.4, 0.5) is 0 Å². The van der Waals surface area contributed by atoms with Crippen molar-refractivity contribution in [3.63, 3.8) is 0 Å². The lowest BCUT2D eigenvalue weighted by Crippen LogP contribution is -2.69. The van der Waals surface area contributed by atoms with Gasteiger partial charge in [-0.3, -0.25) is 0 Å². The Morgan fingerprint density at radius 3 is 1.57 bits per heavy atom. The Hall–Kier alpha value is 0.468. The van der Waals surface area contributed by atoms with E-state index in [1.54, 1.807) is 0 Å². The zero-order valence-corrected chi connectivity index (χ0v) is 37.0. The molecule has 4 fully saturated rings. The van der Waals surface area contributed by atoms with Gasteiger partial charge in [0.2, 0.25) is 9.76 Å². The van der Waals surface area contributed by atoms with Crippen molar-refractivity contribution in [3.05, 3.63) is 0 Å². The van der Waals surface area contributed by atoms with Crippen molar-refractivity contribution in [2.75, 3.05) is 0 Å². The van der Waals surface area contributed by atoms with Crippen molar-refractivity contribution in [2.24, 2.45) is 0 Å². The summed E-state index contributed by atoms with van der Waals surface area (Å²) in [6, 6.07) is 0. The Bertz CT molecular complexity index is 940. The Kier molecular flexibility index (Phi) is 20.4. The first kappa shape index (κ1) is 44.2. The Morgan fingerprint density at radius 2 is 1.04 bits per heavy atom. The van der Waals surface area contributed by atoms with Crippen LogP contribution in [0, 0.1) is 0 Å². The Morgan fingerprint density at radius 1 is 0.569 bits per heavy atom. The third-order valence-electron chi connectivity index (χ3n) is 10.9. The van der Waals surface area contributed by atoms with Crippen molar-refractivity contribution >= 4 is 36.9 Å². The van der Waals surface area contributed by atoms with E-state index in [9.17, 15) is 4.80 Å². The van der Waals surface area contributed by atoms with Crippen molar-refractivity contribution in [3.8, 4) is 0 Å². The number of unbranched alkanes of at least 4 members (excludes halogenated alkanes) is 2.